The Morgan fingerprint density at radius 2 is 2.00 bits per heavy atom. The third kappa shape index (κ3) is 4.14. The molecule has 2 atom stereocenters. The minimum atomic E-state index is -0.855. The Balaban J connectivity index is 2.16. The Kier molecular flexibility index (Phi) is 6.08. The van der Waals surface area contributed by atoms with Gasteiger partial charge < -0.3 is 20.6 Å². The van der Waals surface area contributed by atoms with Crippen LogP contribution in [0.3, 0.4) is 0 Å². The number of likely N-dealkylation sites (N-methyl/N-ethyl adjacent to an activating group) is 1. The van der Waals surface area contributed by atoms with Gasteiger partial charge in [0.25, 0.3) is 0 Å². The van der Waals surface area contributed by atoms with Gasteiger partial charge >= 0.3 is 0 Å². The SMILES string of the molecule is CN(C(=O)[C@@H]1CCCN1C(=O)[C@@H](N)C(C)(C)CO)c1ccc(Cl)cc1. The van der Waals surface area contributed by atoms with Crippen molar-refractivity contribution in [3.63, 3.8) is 0 Å². The zero-order chi connectivity index (χ0) is 18.8. The van der Waals surface area contributed by atoms with Crippen LogP contribution < -0.4 is 10.6 Å². The molecule has 2 amide bonds. The summed E-state index contributed by atoms with van der Waals surface area (Å²) in [4.78, 5) is 28.8. The average Bonchev–Trinajstić information content (AvgIpc) is 3.09. The van der Waals surface area contributed by atoms with E-state index < -0.39 is 17.5 Å². The fraction of sp³-hybridized carbons (Fsp3) is 0.556. The summed E-state index contributed by atoms with van der Waals surface area (Å²) in [6.45, 7) is 3.78. The van der Waals surface area contributed by atoms with E-state index in [4.69, 9.17) is 17.3 Å². The molecule has 1 fully saturated rings. The van der Waals surface area contributed by atoms with E-state index in [0.29, 0.717) is 23.7 Å². The van der Waals surface area contributed by atoms with Crippen molar-refractivity contribution in [2.75, 3.05) is 25.1 Å². The second kappa shape index (κ2) is 7.72. The maximum Gasteiger partial charge on any atom is 0.249 e. The predicted octanol–water partition coefficient (Wildman–Crippen LogP) is 1.64. The van der Waals surface area contributed by atoms with Gasteiger partial charge in [0.15, 0.2) is 0 Å². The number of halogens is 1. The van der Waals surface area contributed by atoms with Gasteiger partial charge in [-0.1, -0.05) is 25.4 Å². The molecule has 1 saturated heterocycles. The Hall–Kier alpha value is -1.63. The molecule has 0 unspecified atom stereocenters. The fourth-order valence-electron chi connectivity index (χ4n) is 2.91. The molecule has 1 aromatic rings. The van der Waals surface area contributed by atoms with E-state index in [1.54, 1.807) is 50.1 Å². The van der Waals surface area contributed by atoms with Crippen molar-refractivity contribution < 1.29 is 14.7 Å². The summed E-state index contributed by atoms with van der Waals surface area (Å²) in [6, 6.07) is 5.58. The highest BCUT2D eigenvalue weighted by molar-refractivity contribution is 6.30. The minimum Gasteiger partial charge on any atom is -0.396 e. The molecule has 0 bridgehead atoms. The molecule has 1 aliphatic rings. The lowest BCUT2D eigenvalue weighted by Crippen LogP contribution is -2.56. The van der Waals surface area contributed by atoms with Crippen molar-refractivity contribution in [2.45, 2.75) is 38.8 Å². The highest BCUT2D eigenvalue weighted by Crippen LogP contribution is 2.27. The van der Waals surface area contributed by atoms with Crippen LogP contribution in [0.4, 0.5) is 5.69 Å². The number of aliphatic hydroxyl groups excluding tert-OH is 1. The second-order valence-electron chi connectivity index (χ2n) is 7.19. The number of carbonyl (C=O) groups excluding carboxylic acids is 2. The lowest BCUT2D eigenvalue weighted by atomic mass is 9.85. The van der Waals surface area contributed by atoms with Gasteiger partial charge in [-0.15, -0.1) is 0 Å². The Labute approximate surface area is 153 Å². The molecule has 0 saturated carbocycles. The van der Waals surface area contributed by atoms with E-state index in [2.05, 4.69) is 0 Å². The van der Waals surface area contributed by atoms with Crippen LogP contribution in [0.2, 0.25) is 5.02 Å². The van der Waals surface area contributed by atoms with Gasteiger partial charge in [0.2, 0.25) is 11.8 Å². The van der Waals surface area contributed by atoms with Crippen LogP contribution in [0.15, 0.2) is 24.3 Å². The molecule has 7 heteroatoms. The second-order valence-corrected chi connectivity index (χ2v) is 7.62. The number of carbonyl (C=O) groups is 2. The molecule has 1 aliphatic heterocycles. The Bertz CT molecular complexity index is 633. The first-order valence-electron chi connectivity index (χ1n) is 8.39. The van der Waals surface area contributed by atoms with Crippen LogP contribution in [-0.4, -0.2) is 54.1 Å². The number of aliphatic hydroxyl groups is 1. The van der Waals surface area contributed by atoms with Gasteiger partial charge in [0.1, 0.15) is 6.04 Å². The number of likely N-dealkylation sites (tertiary alicyclic amines) is 1. The maximum atomic E-state index is 12.9. The topological polar surface area (TPSA) is 86.9 Å². The number of nitrogens with zero attached hydrogens (tertiary/aromatic N) is 2. The fourth-order valence-corrected chi connectivity index (χ4v) is 3.04. The Morgan fingerprint density at radius 1 is 1.40 bits per heavy atom. The summed E-state index contributed by atoms with van der Waals surface area (Å²) in [5.41, 5.74) is 6.04. The van der Waals surface area contributed by atoms with Gasteiger partial charge in [-0.3, -0.25) is 9.59 Å². The number of anilines is 1. The maximum absolute atomic E-state index is 12.9. The summed E-state index contributed by atoms with van der Waals surface area (Å²) >= 11 is 5.89. The first kappa shape index (κ1) is 19.7. The van der Waals surface area contributed by atoms with E-state index in [-0.39, 0.29) is 18.4 Å². The van der Waals surface area contributed by atoms with Gasteiger partial charge in [0.05, 0.1) is 12.6 Å². The number of hydrogen-bond acceptors (Lipinski definition) is 4. The number of rotatable bonds is 5. The highest BCUT2D eigenvalue weighted by atomic mass is 35.5. The summed E-state index contributed by atoms with van der Waals surface area (Å²) in [5.74, 6) is -0.443. The molecule has 6 nitrogen and oxygen atoms in total. The van der Waals surface area contributed by atoms with E-state index in [0.717, 1.165) is 6.42 Å². The number of amides is 2. The van der Waals surface area contributed by atoms with Gasteiger partial charge in [-0.05, 0) is 37.1 Å². The van der Waals surface area contributed by atoms with Crippen LogP contribution in [0.25, 0.3) is 0 Å². The van der Waals surface area contributed by atoms with E-state index in [9.17, 15) is 14.7 Å². The quantitative estimate of drug-likeness (QED) is 0.828. The molecular formula is C18H26ClN3O3. The zero-order valence-corrected chi connectivity index (χ0v) is 15.7. The molecule has 138 valence electrons. The molecule has 0 aromatic heterocycles. The van der Waals surface area contributed by atoms with E-state index in [1.807, 2.05) is 0 Å². The van der Waals surface area contributed by atoms with E-state index >= 15 is 0 Å². The number of nitrogens with two attached hydrogens (primary N) is 1. The van der Waals surface area contributed by atoms with Crippen molar-refractivity contribution in [3.8, 4) is 0 Å². The van der Waals surface area contributed by atoms with Crippen LogP contribution in [0, 0.1) is 5.41 Å². The normalized spacial score (nSPS) is 19.0. The first-order chi connectivity index (χ1) is 11.7. The van der Waals surface area contributed by atoms with Crippen LogP contribution >= 0.6 is 11.6 Å². The zero-order valence-electron chi connectivity index (χ0n) is 14.9. The van der Waals surface area contributed by atoms with Crippen molar-refractivity contribution >= 4 is 29.1 Å². The molecule has 3 N–H and O–H groups in total. The standard InChI is InChI=1S/C18H26ClN3O3/c1-18(2,11-23)15(20)17(25)22-10-4-5-14(22)16(24)21(3)13-8-6-12(19)7-9-13/h6-9,14-15,23H,4-5,10-11,20H2,1-3H3/t14-,15+/m0/s1. The molecule has 25 heavy (non-hydrogen) atoms. The molecular weight excluding hydrogens is 342 g/mol. The van der Waals surface area contributed by atoms with Crippen LogP contribution in [-0.2, 0) is 9.59 Å². The summed E-state index contributed by atoms with van der Waals surface area (Å²) in [6.07, 6.45) is 1.36. The lowest BCUT2D eigenvalue weighted by Gasteiger charge is -2.34. The molecule has 1 heterocycles. The summed E-state index contributed by atoms with van der Waals surface area (Å²) in [7, 11) is 1.68. The Morgan fingerprint density at radius 3 is 2.56 bits per heavy atom. The highest BCUT2D eigenvalue weighted by Gasteiger charge is 2.41. The molecule has 0 radical (unpaired) electrons. The number of benzene rings is 1. The minimum absolute atomic E-state index is 0.151. The van der Waals surface area contributed by atoms with Crippen molar-refractivity contribution in [2.24, 2.45) is 11.1 Å². The average molecular weight is 368 g/mol. The third-order valence-electron chi connectivity index (χ3n) is 4.88. The third-order valence-corrected chi connectivity index (χ3v) is 5.13. The smallest absolute Gasteiger partial charge is 0.249 e. The van der Waals surface area contributed by atoms with E-state index in [1.165, 1.54) is 4.90 Å². The molecule has 0 aliphatic carbocycles. The monoisotopic (exact) mass is 367 g/mol. The van der Waals surface area contributed by atoms with Crippen LogP contribution in [0.5, 0.6) is 0 Å². The van der Waals surface area contributed by atoms with Gasteiger partial charge in [-0.2, -0.15) is 0 Å². The van der Waals surface area contributed by atoms with Crippen LogP contribution in [0.1, 0.15) is 26.7 Å². The first-order valence-corrected chi connectivity index (χ1v) is 8.77. The largest absolute Gasteiger partial charge is 0.396 e. The summed E-state index contributed by atoms with van der Waals surface area (Å²) < 4.78 is 0. The predicted molar refractivity (Wildman–Crippen MR) is 98.4 cm³/mol. The molecule has 0 spiro atoms. The summed E-state index contributed by atoms with van der Waals surface area (Å²) in [5, 5.41) is 10.1. The number of hydrogen-bond donors (Lipinski definition) is 2. The van der Waals surface area contributed by atoms with Gasteiger partial charge in [-0.25, -0.2) is 0 Å². The van der Waals surface area contributed by atoms with Crippen molar-refractivity contribution in [1.29, 1.82) is 0 Å². The molecule has 1 aromatic carbocycles. The molecule has 2 rings (SSSR count). The van der Waals surface area contributed by atoms with Gasteiger partial charge in [0, 0.05) is 29.7 Å². The lowest BCUT2D eigenvalue weighted by molar-refractivity contribution is -0.141. The van der Waals surface area contributed by atoms with Crippen molar-refractivity contribution in [1.82, 2.24) is 4.90 Å². The van der Waals surface area contributed by atoms with Crippen molar-refractivity contribution in [3.05, 3.63) is 29.3 Å².